The average Bonchev–Trinajstić information content (AvgIpc) is 3.43. The standard InChI is InChI=1S/C45H58OSSi2/c1-29(2)48(30(3)4,31(5)6)22-19-39-41-25-35-16-13-14-17-36(35)26-42(41)40(20-23-49(32(7)8,33(9)10)34(11)12)44-28-45-37(27-43(39)44)24-38(47-45)18-15-21-46/h13-14,16-17,24-34,46H,15,18,21H2,1-12H3. The van der Waals surface area contributed by atoms with Gasteiger partial charge in [0.05, 0.1) is 0 Å². The molecule has 0 aliphatic carbocycles. The second-order valence-electron chi connectivity index (χ2n) is 16.3. The summed E-state index contributed by atoms with van der Waals surface area (Å²) < 4.78 is 1.29. The summed E-state index contributed by atoms with van der Waals surface area (Å²) >= 11 is 1.86. The van der Waals surface area contributed by atoms with E-state index in [1.54, 1.807) is 0 Å². The lowest BCUT2D eigenvalue weighted by Gasteiger charge is -2.38. The Morgan fingerprint density at radius 2 is 0.939 bits per heavy atom. The summed E-state index contributed by atoms with van der Waals surface area (Å²) in [6, 6.07) is 20.7. The highest BCUT2D eigenvalue weighted by Gasteiger charge is 2.43. The molecule has 4 heteroatoms. The topological polar surface area (TPSA) is 20.2 Å². The summed E-state index contributed by atoms with van der Waals surface area (Å²) in [6.07, 6.45) is 1.68. The quantitative estimate of drug-likeness (QED) is 0.0921. The Hall–Kier alpha value is -2.87. The van der Waals surface area contributed by atoms with Gasteiger partial charge >= 0.3 is 0 Å². The predicted octanol–water partition coefficient (Wildman–Crippen LogP) is 13.4. The first-order valence-corrected chi connectivity index (χ1v) is 24.0. The Balaban J connectivity index is 2.01. The highest BCUT2D eigenvalue weighted by molar-refractivity contribution is 7.19. The van der Waals surface area contributed by atoms with Gasteiger partial charge in [-0.25, -0.2) is 0 Å². The minimum Gasteiger partial charge on any atom is -0.396 e. The molecule has 5 rings (SSSR count). The molecule has 1 heterocycles. The minimum absolute atomic E-state index is 0.217. The van der Waals surface area contributed by atoms with Crippen molar-refractivity contribution < 1.29 is 5.11 Å². The van der Waals surface area contributed by atoms with E-state index in [1.165, 1.54) is 47.3 Å². The van der Waals surface area contributed by atoms with Crippen molar-refractivity contribution in [2.75, 3.05) is 6.61 Å². The molecular formula is C45H58OSSi2. The van der Waals surface area contributed by atoms with Crippen LogP contribution < -0.4 is 0 Å². The van der Waals surface area contributed by atoms with E-state index >= 15 is 0 Å². The van der Waals surface area contributed by atoms with Gasteiger partial charge in [0.25, 0.3) is 0 Å². The van der Waals surface area contributed by atoms with Crippen LogP contribution in [0.15, 0.2) is 54.6 Å². The Bertz CT molecular complexity index is 1920. The van der Waals surface area contributed by atoms with E-state index < -0.39 is 16.1 Å². The normalized spacial score (nSPS) is 12.8. The molecule has 0 aliphatic heterocycles. The Morgan fingerprint density at radius 3 is 1.33 bits per heavy atom. The molecule has 0 fully saturated rings. The van der Waals surface area contributed by atoms with E-state index in [-0.39, 0.29) is 6.61 Å². The molecule has 0 bridgehead atoms. The molecule has 0 aliphatic rings. The molecule has 0 unspecified atom stereocenters. The molecule has 1 aromatic heterocycles. The molecule has 1 nitrogen and oxygen atoms in total. The number of aliphatic hydroxyl groups excluding tert-OH is 1. The van der Waals surface area contributed by atoms with E-state index in [4.69, 9.17) is 0 Å². The SMILES string of the molecule is CC(C)[Si](C#Cc1c2cc3ccccc3cc2c(C#C[Si](C(C)C)(C(C)C)C(C)C)c2cc3sc(CCCO)cc3cc12)(C(C)C)C(C)C. The summed E-state index contributed by atoms with van der Waals surface area (Å²) in [5.41, 5.74) is 13.9. The maximum Gasteiger partial charge on any atom is 0.146 e. The van der Waals surface area contributed by atoms with E-state index in [1.807, 2.05) is 11.3 Å². The second-order valence-corrected chi connectivity index (χ2v) is 28.6. The number of fused-ring (bicyclic) bond motifs is 4. The lowest BCUT2D eigenvalue weighted by molar-refractivity contribution is 0.289. The monoisotopic (exact) mass is 702 g/mol. The zero-order chi connectivity index (χ0) is 35.8. The summed E-state index contributed by atoms with van der Waals surface area (Å²) in [5.74, 6) is 7.97. The van der Waals surface area contributed by atoms with Gasteiger partial charge in [0.1, 0.15) is 16.1 Å². The number of aliphatic hydroxyl groups is 1. The van der Waals surface area contributed by atoms with Gasteiger partial charge in [-0.05, 0) is 109 Å². The van der Waals surface area contributed by atoms with E-state index in [9.17, 15) is 5.11 Å². The predicted molar refractivity (Wildman–Crippen MR) is 226 cm³/mol. The Labute approximate surface area is 302 Å². The van der Waals surface area contributed by atoms with Crippen LogP contribution in [-0.2, 0) is 6.42 Å². The molecule has 0 saturated heterocycles. The van der Waals surface area contributed by atoms with Gasteiger partial charge in [-0.1, -0.05) is 119 Å². The average molecular weight is 703 g/mol. The lowest BCUT2D eigenvalue weighted by atomic mass is 9.90. The smallest absolute Gasteiger partial charge is 0.146 e. The maximum absolute atomic E-state index is 9.58. The molecule has 0 spiro atoms. The number of benzene rings is 4. The largest absolute Gasteiger partial charge is 0.396 e. The van der Waals surface area contributed by atoms with Crippen molar-refractivity contribution in [3.05, 3.63) is 70.6 Å². The third kappa shape index (κ3) is 6.68. The maximum atomic E-state index is 9.58. The molecule has 0 radical (unpaired) electrons. The van der Waals surface area contributed by atoms with Crippen molar-refractivity contribution in [1.82, 2.24) is 0 Å². The number of hydrogen-bond acceptors (Lipinski definition) is 2. The van der Waals surface area contributed by atoms with Gasteiger partial charge in [0.2, 0.25) is 0 Å². The van der Waals surface area contributed by atoms with Gasteiger partial charge in [-0.15, -0.1) is 22.4 Å². The van der Waals surface area contributed by atoms with Gasteiger partial charge in [0, 0.05) is 32.7 Å². The molecule has 0 saturated carbocycles. The van der Waals surface area contributed by atoms with Crippen LogP contribution in [-0.4, -0.2) is 27.9 Å². The molecule has 49 heavy (non-hydrogen) atoms. The summed E-state index contributed by atoms with van der Waals surface area (Å²) in [4.78, 5) is 1.33. The Morgan fingerprint density at radius 1 is 0.551 bits per heavy atom. The third-order valence-corrected chi connectivity index (χ3v) is 25.5. The number of thiophene rings is 1. The summed E-state index contributed by atoms with van der Waals surface area (Å²) in [5, 5.41) is 18.2. The first-order chi connectivity index (χ1) is 23.2. The van der Waals surface area contributed by atoms with Crippen LogP contribution >= 0.6 is 11.3 Å². The summed E-state index contributed by atoms with van der Waals surface area (Å²) in [7, 11) is -4.00. The molecule has 258 valence electrons. The first kappa shape index (κ1) is 37.4. The van der Waals surface area contributed by atoms with Crippen LogP contribution in [0.25, 0.3) is 42.4 Å². The molecule has 0 amide bonds. The van der Waals surface area contributed by atoms with E-state index in [0.717, 1.165) is 24.0 Å². The highest BCUT2D eigenvalue weighted by atomic mass is 32.1. The van der Waals surface area contributed by atoms with Gasteiger partial charge in [0.15, 0.2) is 0 Å². The van der Waals surface area contributed by atoms with Crippen molar-refractivity contribution in [2.45, 2.75) is 129 Å². The minimum atomic E-state index is -2.00. The van der Waals surface area contributed by atoms with Gasteiger partial charge < -0.3 is 5.11 Å². The van der Waals surface area contributed by atoms with Crippen molar-refractivity contribution in [2.24, 2.45) is 0 Å². The van der Waals surface area contributed by atoms with E-state index in [0.29, 0.717) is 33.2 Å². The van der Waals surface area contributed by atoms with Gasteiger partial charge in [-0.2, -0.15) is 0 Å². The molecule has 5 aromatic rings. The molecular weight excluding hydrogens is 645 g/mol. The van der Waals surface area contributed by atoms with E-state index in [2.05, 4.69) is 161 Å². The van der Waals surface area contributed by atoms with Crippen molar-refractivity contribution in [1.29, 1.82) is 0 Å². The Kier molecular flexibility index (Phi) is 11.3. The second kappa shape index (κ2) is 14.8. The fourth-order valence-electron chi connectivity index (χ4n) is 9.35. The van der Waals surface area contributed by atoms with Crippen molar-refractivity contribution >= 4 is 69.9 Å². The number of aryl methyl sites for hydroxylation is 1. The third-order valence-electron chi connectivity index (χ3n) is 11.8. The van der Waals surface area contributed by atoms with Crippen molar-refractivity contribution in [3.8, 4) is 22.9 Å². The highest BCUT2D eigenvalue weighted by Crippen LogP contribution is 2.44. The number of rotatable bonds is 9. The van der Waals surface area contributed by atoms with Crippen LogP contribution in [0, 0.1) is 22.9 Å². The first-order valence-electron chi connectivity index (χ1n) is 18.7. The van der Waals surface area contributed by atoms with Crippen LogP contribution in [0.3, 0.4) is 0 Å². The van der Waals surface area contributed by atoms with Crippen LogP contribution in [0.2, 0.25) is 33.2 Å². The fourth-order valence-corrected chi connectivity index (χ4v) is 20.9. The fraction of sp³-hybridized carbons (Fsp3) is 0.467. The van der Waals surface area contributed by atoms with Crippen LogP contribution in [0.5, 0.6) is 0 Å². The van der Waals surface area contributed by atoms with Crippen LogP contribution in [0.4, 0.5) is 0 Å². The lowest BCUT2D eigenvalue weighted by Crippen LogP contribution is -2.43. The summed E-state index contributed by atoms with van der Waals surface area (Å²) in [6.45, 7) is 29.1. The molecule has 1 N–H and O–H groups in total. The molecule has 4 aromatic carbocycles. The van der Waals surface area contributed by atoms with Crippen LogP contribution in [0.1, 0.15) is 106 Å². The number of hydrogen-bond donors (Lipinski definition) is 1. The van der Waals surface area contributed by atoms with Gasteiger partial charge in [-0.3, -0.25) is 0 Å². The zero-order valence-corrected chi connectivity index (χ0v) is 35.0. The van der Waals surface area contributed by atoms with Crippen molar-refractivity contribution in [3.63, 3.8) is 0 Å². The zero-order valence-electron chi connectivity index (χ0n) is 32.1. The molecule has 0 atom stereocenters.